The van der Waals surface area contributed by atoms with Gasteiger partial charge in [0, 0.05) is 56.7 Å². The van der Waals surface area contributed by atoms with Gasteiger partial charge < -0.3 is 20.0 Å². The lowest BCUT2D eigenvalue weighted by Crippen LogP contribution is -2.48. The van der Waals surface area contributed by atoms with Crippen LogP contribution in [0.5, 0.6) is 0 Å². The van der Waals surface area contributed by atoms with Gasteiger partial charge >= 0.3 is 0 Å². The van der Waals surface area contributed by atoms with Crippen molar-refractivity contribution in [2.45, 2.75) is 73.3 Å². The Labute approximate surface area is 252 Å². The Bertz CT molecular complexity index is 1380. The lowest BCUT2D eigenvalue weighted by molar-refractivity contribution is 0.173. The van der Waals surface area contributed by atoms with Crippen molar-refractivity contribution in [2.24, 2.45) is 4.99 Å². The zero-order valence-corrected chi connectivity index (χ0v) is 26.9. The van der Waals surface area contributed by atoms with Crippen molar-refractivity contribution in [3.05, 3.63) is 82.3 Å². The van der Waals surface area contributed by atoms with E-state index in [1.165, 1.54) is 5.70 Å². The molecule has 0 spiro atoms. The molecule has 0 radical (unpaired) electrons. The first kappa shape index (κ1) is 31.3. The number of allylic oxidation sites excluding steroid dienone is 2. The molecular weight excluding hydrogens is 523 g/mol. The van der Waals surface area contributed by atoms with Crippen molar-refractivity contribution in [1.82, 2.24) is 19.7 Å². The summed E-state index contributed by atoms with van der Waals surface area (Å²) in [5.41, 5.74) is 9.03. The summed E-state index contributed by atoms with van der Waals surface area (Å²) in [5.74, 6) is 1.14. The van der Waals surface area contributed by atoms with E-state index < -0.39 is 0 Å². The maximum absolute atomic E-state index is 15.1. The molecule has 0 amide bonds. The van der Waals surface area contributed by atoms with Gasteiger partial charge in [-0.05, 0) is 81.0 Å². The van der Waals surface area contributed by atoms with Crippen LogP contribution in [-0.4, -0.2) is 65.2 Å². The van der Waals surface area contributed by atoms with Gasteiger partial charge in [-0.15, -0.1) is 0 Å². The molecule has 2 aliphatic heterocycles. The molecule has 2 aromatic rings. The van der Waals surface area contributed by atoms with Crippen molar-refractivity contribution in [2.75, 3.05) is 45.1 Å². The highest BCUT2D eigenvalue weighted by atomic mass is 19.1. The maximum atomic E-state index is 15.1. The maximum Gasteiger partial charge on any atom is 0.124 e. The van der Waals surface area contributed by atoms with Crippen LogP contribution >= 0.6 is 0 Å². The molecule has 0 aliphatic carbocycles. The Kier molecular flexibility index (Phi) is 10.1. The van der Waals surface area contributed by atoms with E-state index in [0.717, 1.165) is 96.6 Å². The minimum absolute atomic E-state index is 0.0790. The molecule has 1 saturated heterocycles. The van der Waals surface area contributed by atoms with E-state index in [1.54, 1.807) is 12.1 Å². The quantitative estimate of drug-likeness (QED) is 0.294. The van der Waals surface area contributed by atoms with Gasteiger partial charge in [0.25, 0.3) is 0 Å². The fraction of sp³-hybridized carbons (Fsp3) is 0.486. The number of aromatic nitrogens is 1. The summed E-state index contributed by atoms with van der Waals surface area (Å²) in [5, 5.41) is 3.73. The minimum Gasteiger partial charge on any atom is -0.377 e. The molecule has 4 rings (SSSR count). The number of piperazine rings is 1. The molecule has 1 N–H and O–H groups in total. The van der Waals surface area contributed by atoms with Gasteiger partial charge in [-0.3, -0.25) is 9.98 Å². The van der Waals surface area contributed by atoms with Crippen LogP contribution in [0.2, 0.25) is 0 Å². The van der Waals surface area contributed by atoms with Crippen molar-refractivity contribution < 1.29 is 4.39 Å². The van der Waals surface area contributed by atoms with Crippen LogP contribution in [-0.2, 0) is 0 Å². The lowest BCUT2D eigenvalue weighted by Gasteiger charge is -2.43. The Hall–Kier alpha value is -3.61. The van der Waals surface area contributed by atoms with Crippen molar-refractivity contribution in [3.63, 3.8) is 0 Å². The number of hydrogen-bond donors (Lipinski definition) is 1. The highest BCUT2D eigenvalue weighted by Crippen LogP contribution is 2.39. The van der Waals surface area contributed by atoms with E-state index in [2.05, 4.69) is 86.4 Å². The van der Waals surface area contributed by atoms with E-state index in [9.17, 15) is 0 Å². The highest BCUT2D eigenvalue weighted by molar-refractivity contribution is 5.97. The molecule has 2 aliphatic rings. The molecule has 1 aromatic carbocycles. The van der Waals surface area contributed by atoms with Crippen LogP contribution in [0.3, 0.4) is 0 Å². The highest BCUT2D eigenvalue weighted by Gasteiger charge is 2.30. The molecule has 1 aromatic heterocycles. The molecule has 226 valence electrons. The van der Waals surface area contributed by atoms with Crippen molar-refractivity contribution in [1.29, 1.82) is 0 Å². The van der Waals surface area contributed by atoms with Gasteiger partial charge in [0.05, 0.1) is 28.8 Å². The monoisotopic (exact) mass is 572 g/mol. The fourth-order valence-corrected chi connectivity index (χ4v) is 6.06. The van der Waals surface area contributed by atoms with Crippen LogP contribution in [0.25, 0.3) is 11.8 Å². The second-order valence-corrected chi connectivity index (χ2v) is 11.7. The molecule has 1 fully saturated rings. The first-order valence-corrected chi connectivity index (χ1v) is 15.5. The smallest absolute Gasteiger partial charge is 0.124 e. The standard InChI is InChI=1S/C35H49FN6/c1-10-15-37-25(7)33(12-3)41-16-18-42(19-17-41)34-22-29-28(26(8)40(34)9)20-27(36)21-30(29)31(11-2)39-32-14-13-24(6)38-35(32)23(4)5/h12-14,20-23,31,39H,8,10-11,15-19H2,1-7,9H3/b33-12+,37-25?. The number of pyridine rings is 1. The second-order valence-electron chi connectivity index (χ2n) is 11.7. The largest absolute Gasteiger partial charge is 0.377 e. The average molecular weight is 573 g/mol. The molecule has 1 atom stereocenters. The van der Waals surface area contributed by atoms with Gasteiger partial charge in [-0.1, -0.05) is 40.3 Å². The van der Waals surface area contributed by atoms with Gasteiger partial charge in [-0.2, -0.15) is 0 Å². The lowest BCUT2D eigenvalue weighted by atomic mass is 9.90. The Morgan fingerprint density at radius 1 is 1.17 bits per heavy atom. The van der Waals surface area contributed by atoms with Crippen molar-refractivity contribution >= 4 is 23.2 Å². The number of nitrogens with one attached hydrogen (secondary N) is 1. The first-order valence-electron chi connectivity index (χ1n) is 15.5. The van der Waals surface area contributed by atoms with Gasteiger partial charge in [0.1, 0.15) is 11.6 Å². The molecule has 3 heterocycles. The van der Waals surface area contributed by atoms with E-state index >= 15 is 4.39 Å². The summed E-state index contributed by atoms with van der Waals surface area (Å²) in [6.07, 6.45) is 6.27. The number of nitrogens with zero attached hydrogens (tertiary/aromatic N) is 5. The van der Waals surface area contributed by atoms with Crippen LogP contribution in [0, 0.1) is 12.7 Å². The second kappa shape index (κ2) is 13.6. The first-order chi connectivity index (χ1) is 20.1. The molecule has 0 saturated carbocycles. The normalized spacial score (nSPS) is 17.0. The Morgan fingerprint density at radius 2 is 1.88 bits per heavy atom. The molecule has 42 heavy (non-hydrogen) atoms. The predicted octanol–water partition coefficient (Wildman–Crippen LogP) is 7.82. The topological polar surface area (TPSA) is 47.0 Å². The summed E-state index contributed by atoms with van der Waals surface area (Å²) in [6.45, 7) is 23.7. The summed E-state index contributed by atoms with van der Waals surface area (Å²) >= 11 is 0. The summed E-state index contributed by atoms with van der Waals surface area (Å²) in [7, 11) is 2.04. The molecule has 7 heteroatoms. The summed E-state index contributed by atoms with van der Waals surface area (Å²) in [6, 6.07) is 7.38. The fourth-order valence-electron chi connectivity index (χ4n) is 6.06. The number of benzene rings is 1. The zero-order valence-electron chi connectivity index (χ0n) is 26.9. The van der Waals surface area contributed by atoms with E-state index in [1.807, 2.05) is 20.0 Å². The molecular formula is C35H49FN6. The van der Waals surface area contributed by atoms with Crippen LogP contribution in [0.1, 0.15) is 94.4 Å². The number of halogens is 1. The summed E-state index contributed by atoms with van der Waals surface area (Å²) < 4.78 is 15.1. The van der Waals surface area contributed by atoms with E-state index in [-0.39, 0.29) is 17.8 Å². The third-order valence-corrected chi connectivity index (χ3v) is 8.39. The van der Waals surface area contributed by atoms with Gasteiger partial charge in [0.15, 0.2) is 0 Å². The van der Waals surface area contributed by atoms with E-state index in [4.69, 9.17) is 9.98 Å². The number of rotatable bonds is 10. The molecule has 1 unspecified atom stereocenters. The summed E-state index contributed by atoms with van der Waals surface area (Å²) in [4.78, 5) is 16.6. The Morgan fingerprint density at radius 3 is 2.50 bits per heavy atom. The van der Waals surface area contributed by atoms with Gasteiger partial charge in [-0.25, -0.2) is 4.39 Å². The minimum atomic E-state index is -0.242. The number of anilines is 1. The SMILES string of the molecule is C=C1c2cc(F)cc(C(CC)Nc3ccc(C)nc3C(C)C)c2C=C(N2CCN(/C(=C/C)C(C)=NCCC)CC2)N1C. The number of hydrogen-bond acceptors (Lipinski definition) is 6. The number of aryl methyl sites for hydroxylation is 1. The molecule has 6 nitrogen and oxygen atoms in total. The third-order valence-electron chi connectivity index (χ3n) is 8.39. The van der Waals surface area contributed by atoms with Crippen LogP contribution in [0.15, 0.2) is 53.4 Å². The van der Waals surface area contributed by atoms with Crippen LogP contribution in [0.4, 0.5) is 10.1 Å². The number of aliphatic imine (C=N–C) groups is 1. The van der Waals surface area contributed by atoms with Crippen LogP contribution < -0.4 is 5.32 Å². The third kappa shape index (κ3) is 6.55. The molecule has 0 bridgehead atoms. The van der Waals surface area contributed by atoms with Crippen molar-refractivity contribution in [3.8, 4) is 0 Å². The zero-order chi connectivity index (χ0) is 30.6. The average Bonchev–Trinajstić information content (AvgIpc) is 2.98. The van der Waals surface area contributed by atoms with E-state index in [0.29, 0.717) is 0 Å². The Balaban J connectivity index is 1.65. The number of fused-ring (bicyclic) bond motifs is 1. The predicted molar refractivity (Wildman–Crippen MR) is 176 cm³/mol. The van der Waals surface area contributed by atoms with Gasteiger partial charge in [0.2, 0.25) is 0 Å².